The van der Waals surface area contributed by atoms with Gasteiger partial charge in [0.2, 0.25) is 0 Å². The van der Waals surface area contributed by atoms with Crippen LogP contribution < -0.4 is 5.73 Å². The topological polar surface area (TPSA) is 47.1 Å². The van der Waals surface area contributed by atoms with Crippen molar-refractivity contribution in [2.75, 3.05) is 13.6 Å². The van der Waals surface area contributed by atoms with Gasteiger partial charge in [0.25, 0.3) is 0 Å². The molecule has 1 heterocycles. The lowest BCUT2D eigenvalue weighted by Crippen LogP contribution is -2.31. The van der Waals surface area contributed by atoms with Crippen LogP contribution >= 0.6 is 0 Å². The number of rotatable bonds is 5. The van der Waals surface area contributed by atoms with E-state index in [2.05, 4.69) is 48.1 Å². The predicted octanol–water partition coefficient (Wildman–Crippen LogP) is 1.86. The van der Waals surface area contributed by atoms with Gasteiger partial charge in [-0.05, 0) is 19.5 Å². The van der Waals surface area contributed by atoms with E-state index < -0.39 is 0 Å². The van der Waals surface area contributed by atoms with Crippen LogP contribution in [0.5, 0.6) is 0 Å². The fraction of sp³-hybridized carbons (Fsp3) is 0.400. The van der Waals surface area contributed by atoms with E-state index in [9.17, 15) is 0 Å². The van der Waals surface area contributed by atoms with Crippen molar-refractivity contribution >= 4 is 0 Å². The van der Waals surface area contributed by atoms with E-state index in [-0.39, 0.29) is 6.04 Å². The van der Waals surface area contributed by atoms with Crippen LogP contribution in [0, 0.1) is 6.92 Å². The van der Waals surface area contributed by atoms with Gasteiger partial charge in [-0.3, -0.25) is 4.90 Å². The highest BCUT2D eigenvalue weighted by molar-refractivity contribution is 5.21. The van der Waals surface area contributed by atoms with Gasteiger partial charge in [-0.2, -0.15) is 0 Å². The highest BCUT2D eigenvalue weighted by Gasteiger charge is 2.18. The fourth-order valence-electron chi connectivity index (χ4n) is 2.31. The zero-order valence-corrected chi connectivity index (χ0v) is 11.9. The normalized spacial score (nSPS) is 12.9. The molecular weight excluding hydrogens is 236 g/mol. The zero-order chi connectivity index (χ0) is 13.8. The first-order valence-electron chi connectivity index (χ1n) is 6.54. The van der Waals surface area contributed by atoms with E-state index in [1.807, 2.05) is 24.1 Å². The SMILES string of the molecule is Cc1ccc(CN(C)C(CN)c2cncn2C)cc1. The summed E-state index contributed by atoms with van der Waals surface area (Å²) in [6, 6.07) is 8.81. The van der Waals surface area contributed by atoms with Gasteiger partial charge < -0.3 is 10.3 Å². The third kappa shape index (κ3) is 3.22. The van der Waals surface area contributed by atoms with Gasteiger partial charge in [-0.25, -0.2) is 4.98 Å². The smallest absolute Gasteiger partial charge is 0.0946 e. The van der Waals surface area contributed by atoms with Crippen LogP contribution in [0.15, 0.2) is 36.8 Å². The number of benzene rings is 1. The van der Waals surface area contributed by atoms with Crippen molar-refractivity contribution in [3.8, 4) is 0 Å². The van der Waals surface area contributed by atoms with Crippen molar-refractivity contribution in [3.05, 3.63) is 53.6 Å². The molecule has 2 aromatic rings. The molecule has 0 radical (unpaired) electrons. The summed E-state index contributed by atoms with van der Waals surface area (Å²) in [5, 5.41) is 0. The number of aryl methyl sites for hydroxylation is 2. The van der Waals surface area contributed by atoms with Crippen LogP contribution in [0.2, 0.25) is 0 Å². The molecule has 19 heavy (non-hydrogen) atoms. The minimum Gasteiger partial charge on any atom is -0.336 e. The lowest BCUT2D eigenvalue weighted by molar-refractivity contribution is 0.234. The number of aromatic nitrogens is 2. The van der Waals surface area contributed by atoms with Crippen LogP contribution in [0.3, 0.4) is 0 Å². The molecule has 0 bridgehead atoms. The van der Waals surface area contributed by atoms with Gasteiger partial charge in [0.1, 0.15) is 0 Å². The molecule has 2 rings (SSSR count). The Bertz CT molecular complexity index is 515. The molecule has 1 unspecified atom stereocenters. The molecule has 0 amide bonds. The van der Waals surface area contributed by atoms with Crippen molar-refractivity contribution in [2.24, 2.45) is 12.8 Å². The van der Waals surface area contributed by atoms with Gasteiger partial charge in [-0.1, -0.05) is 29.8 Å². The Morgan fingerprint density at radius 1 is 1.32 bits per heavy atom. The molecule has 0 saturated carbocycles. The van der Waals surface area contributed by atoms with Gasteiger partial charge >= 0.3 is 0 Å². The molecule has 0 aliphatic carbocycles. The van der Waals surface area contributed by atoms with Crippen molar-refractivity contribution in [1.82, 2.24) is 14.5 Å². The summed E-state index contributed by atoms with van der Waals surface area (Å²) in [5.41, 5.74) is 9.66. The van der Waals surface area contributed by atoms with Crippen LogP contribution in [0.25, 0.3) is 0 Å². The molecule has 4 heteroatoms. The lowest BCUT2D eigenvalue weighted by Gasteiger charge is -2.27. The standard InChI is InChI=1S/C15H22N4/c1-12-4-6-13(7-5-12)10-18(2)14(8-16)15-9-17-11-19(15)3/h4-7,9,11,14H,8,10,16H2,1-3H3. The van der Waals surface area contributed by atoms with E-state index in [0.29, 0.717) is 6.54 Å². The Labute approximate surface area is 114 Å². The third-order valence-corrected chi connectivity index (χ3v) is 3.50. The van der Waals surface area contributed by atoms with E-state index in [1.165, 1.54) is 11.1 Å². The first kappa shape index (κ1) is 13.8. The quantitative estimate of drug-likeness (QED) is 0.890. The second kappa shape index (κ2) is 5.99. The monoisotopic (exact) mass is 258 g/mol. The summed E-state index contributed by atoms with van der Waals surface area (Å²) >= 11 is 0. The number of nitrogens with two attached hydrogens (primary N) is 1. The van der Waals surface area contributed by atoms with E-state index in [1.54, 1.807) is 0 Å². The summed E-state index contributed by atoms with van der Waals surface area (Å²) in [4.78, 5) is 6.44. The molecule has 0 aliphatic rings. The Hall–Kier alpha value is -1.65. The molecule has 0 spiro atoms. The van der Waals surface area contributed by atoms with Crippen LogP contribution in [0.4, 0.5) is 0 Å². The van der Waals surface area contributed by atoms with Crippen LogP contribution in [-0.4, -0.2) is 28.0 Å². The number of hydrogen-bond acceptors (Lipinski definition) is 3. The maximum Gasteiger partial charge on any atom is 0.0946 e. The highest BCUT2D eigenvalue weighted by Crippen LogP contribution is 2.19. The van der Waals surface area contributed by atoms with Crippen LogP contribution in [0.1, 0.15) is 22.9 Å². The lowest BCUT2D eigenvalue weighted by atomic mass is 10.1. The number of hydrogen-bond donors (Lipinski definition) is 1. The Morgan fingerprint density at radius 2 is 2.00 bits per heavy atom. The van der Waals surface area contributed by atoms with Crippen LogP contribution in [-0.2, 0) is 13.6 Å². The fourth-order valence-corrected chi connectivity index (χ4v) is 2.31. The van der Waals surface area contributed by atoms with Gasteiger partial charge in [0, 0.05) is 26.3 Å². The summed E-state index contributed by atoms with van der Waals surface area (Å²) in [7, 11) is 4.11. The Morgan fingerprint density at radius 3 is 2.53 bits per heavy atom. The molecule has 0 saturated heterocycles. The number of likely N-dealkylation sites (N-methyl/N-ethyl adjacent to an activating group) is 1. The molecule has 1 aromatic carbocycles. The minimum atomic E-state index is 0.189. The molecule has 0 fully saturated rings. The molecule has 1 atom stereocenters. The van der Waals surface area contributed by atoms with Gasteiger partial charge in [0.05, 0.1) is 18.1 Å². The van der Waals surface area contributed by atoms with Crippen molar-refractivity contribution in [3.63, 3.8) is 0 Å². The third-order valence-electron chi connectivity index (χ3n) is 3.50. The summed E-state index contributed by atoms with van der Waals surface area (Å²) in [5.74, 6) is 0. The molecule has 2 N–H and O–H groups in total. The number of imidazole rings is 1. The van der Waals surface area contributed by atoms with Crippen molar-refractivity contribution in [2.45, 2.75) is 19.5 Å². The summed E-state index contributed by atoms with van der Waals surface area (Å²) < 4.78 is 2.03. The summed E-state index contributed by atoms with van der Waals surface area (Å²) in [6.07, 6.45) is 3.71. The summed E-state index contributed by atoms with van der Waals surface area (Å²) in [6.45, 7) is 3.57. The maximum absolute atomic E-state index is 5.93. The van der Waals surface area contributed by atoms with Crippen molar-refractivity contribution < 1.29 is 0 Å². The van der Waals surface area contributed by atoms with Crippen molar-refractivity contribution in [1.29, 1.82) is 0 Å². The average Bonchev–Trinajstić information content (AvgIpc) is 2.80. The zero-order valence-electron chi connectivity index (χ0n) is 11.9. The molecular formula is C15H22N4. The molecule has 0 aliphatic heterocycles. The van der Waals surface area contributed by atoms with Gasteiger partial charge in [0.15, 0.2) is 0 Å². The molecule has 1 aromatic heterocycles. The van der Waals surface area contributed by atoms with Gasteiger partial charge in [-0.15, -0.1) is 0 Å². The largest absolute Gasteiger partial charge is 0.336 e. The Balaban J connectivity index is 2.11. The van der Waals surface area contributed by atoms with E-state index >= 15 is 0 Å². The predicted molar refractivity (Wildman–Crippen MR) is 77.6 cm³/mol. The second-order valence-electron chi connectivity index (χ2n) is 5.08. The first-order valence-corrected chi connectivity index (χ1v) is 6.54. The van der Waals surface area contributed by atoms with E-state index in [4.69, 9.17) is 5.73 Å². The Kier molecular flexibility index (Phi) is 4.35. The average molecular weight is 258 g/mol. The molecule has 4 nitrogen and oxygen atoms in total. The molecule has 102 valence electrons. The van der Waals surface area contributed by atoms with E-state index in [0.717, 1.165) is 12.2 Å². The second-order valence-corrected chi connectivity index (χ2v) is 5.08. The first-order chi connectivity index (χ1) is 9.11. The minimum absolute atomic E-state index is 0.189. The maximum atomic E-state index is 5.93. The number of nitrogens with zero attached hydrogens (tertiary/aromatic N) is 3. The highest BCUT2D eigenvalue weighted by atomic mass is 15.2.